The molecule has 1 N–H and O–H groups in total. The normalized spacial score (nSPS) is 21.1. The summed E-state index contributed by atoms with van der Waals surface area (Å²) in [6.07, 6.45) is 3.49. The van der Waals surface area contributed by atoms with Crippen LogP contribution in [0.25, 0.3) is 21.6 Å². The molecule has 6 rings (SSSR count). The Morgan fingerprint density at radius 3 is 2.59 bits per heavy atom. The fraction of sp³-hybridized carbons (Fsp3) is 0.357. The second-order valence-corrected chi connectivity index (χ2v) is 10.2. The van der Waals surface area contributed by atoms with Crippen LogP contribution in [0.2, 0.25) is 0 Å². The summed E-state index contributed by atoms with van der Waals surface area (Å²) in [6.45, 7) is 0.756. The lowest BCUT2D eigenvalue weighted by atomic mass is 9.86. The Hall–Kier alpha value is -4.77. The van der Waals surface area contributed by atoms with Crippen molar-refractivity contribution in [1.29, 1.82) is 0 Å². The lowest BCUT2D eigenvalue weighted by molar-refractivity contribution is 0.0472. The molecule has 0 unspecified atom stereocenters. The number of azide groups is 1. The van der Waals surface area contributed by atoms with Crippen molar-refractivity contribution < 1.29 is 18.3 Å². The number of imidazole rings is 1. The van der Waals surface area contributed by atoms with Crippen LogP contribution in [0.15, 0.2) is 64.8 Å². The minimum atomic E-state index is -0.996. The molecular formula is C28H26F2N8O3. The van der Waals surface area contributed by atoms with Gasteiger partial charge < -0.3 is 9.64 Å². The highest BCUT2D eigenvalue weighted by atomic mass is 19.2. The lowest BCUT2D eigenvalue weighted by Gasteiger charge is -2.33. The van der Waals surface area contributed by atoms with Crippen molar-refractivity contribution in [3.63, 3.8) is 0 Å². The molecule has 13 heteroatoms. The number of hydrogen-bond acceptors (Lipinski definition) is 6. The molecule has 0 saturated carbocycles. The van der Waals surface area contributed by atoms with Gasteiger partial charge in [0.25, 0.3) is 0 Å². The molecule has 1 aliphatic carbocycles. The van der Waals surface area contributed by atoms with Gasteiger partial charge in [0.15, 0.2) is 17.3 Å². The Balaban J connectivity index is 1.21. The van der Waals surface area contributed by atoms with E-state index in [-0.39, 0.29) is 30.1 Å². The van der Waals surface area contributed by atoms with Crippen molar-refractivity contribution in [3.8, 4) is 0 Å². The molecule has 3 aromatic heterocycles. The molecule has 41 heavy (non-hydrogen) atoms. The fourth-order valence-corrected chi connectivity index (χ4v) is 6.06. The second-order valence-electron chi connectivity index (χ2n) is 10.2. The Bertz CT molecular complexity index is 1710. The molecule has 1 saturated heterocycles. The molecule has 1 aliphatic heterocycles. The van der Waals surface area contributed by atoms with Crippen molar-refractivity contribution in [2.75, 3.05) is 13.1 Å². The van der Waals surface area contributed by atoms with Crippen LogP contribution < -0.4 is 5.69 Å². The maximum Gasteiger partial charge on any atom is 0.410 e. The molecule has 4 heterocycles. The average Bonchev–Trinajstić information content (AvgIpc) is 3.25. The predicted octanol–water partition coefficient (Wildman–Crippen LogP) is 5.84. The summed E-state index contributed by atoms with van der Waals surface area (Å²) in [5.41, 5.74) is 11.3. The molecule has 2 aliphatic rings. The van der Waals surface area contributed by atoms with E-state index in [1.807, 2.05) is 6.07 Å². The summed E-state index contributed by atoms with van der Waals surface area (Å²) in [7, 11) is 0. The van der Waals surface area contributed by atoms with Gasteiger partial charge in [-0.15, -0.1) is 0 Å². The number of H-pyrrole nitrogens is 1. The number of fused-ring (bicyclic) bond motifs is 2. The topological polar surface area (TPSA) is 142 Å². The summed E-state index contributed by atoms with van der Waals surface area (Å²) in [5.74, 6) is -2.67. The number of nitrogens with zero attached hydrogens (tertiary/aromatic N) is 7. The number of benzene rings is 1. The van der Waals surface area contributed by atoms with Crippen molar-refractivity contribution in [1.82, 2.24) is 24.4 Å². The van der Waals surface area contributed by atoms with Crippen LogP contribution >= 0.6 is 0 Å². The Kier molecular flexibility index (Phi) is 7.10. The maximum atomic E-state index is 14.9. The first-order chi connectivity index (χ1) is 20.0. The van der Waals surface area contributed by atoms with Gasteiger partial charge in [0.1, 0.15) is 6.10 Å². The number of carbonyl (C=O) groups excluding carboxylic acids is 1. The van der Waals surface area contributed by atoms with Gasteiger partial charge in [-0.05, 0) is 72.5 Å². The molecule has 0 spiro atoms. The number of hydrogen-bond donors (Lipinski definition) is 1. The van der Waals surface area contributed by atoms with Gasteiger partial charge in [-0.2, -0.15) is 0 Å². The highest BCUT2D eigenvalue weighted by Crippen LogP contribution is 2.46. The first kappa shape index (κ1) is 26.5. The van der Waals surface area contributed by atoms with Crippen LogP contribution in [0, 0.1) is 11.6 Å². The Morgan fingerprint density at radius 1 is 1.02 bits per heavy atom. The SMILES string of the molecule is [N-]=[N+]=N[C@@H]1c2cccnc2[C@H](OC(=O)N2CCC(n3c(=O)[nH]c4ncccc43)CC2)CC[C@H]1c1cccc(F)c1F. The molecule has 1 amide bonds. The van der Waals surface area contributed by atoms with E-state index >= 15 is 0 Å². The minimum Gasteiger partial charge on any atom is -0.440 e. The van der Waals surface area contributed by atoms with E-state index in [0.717, 1.165) is 11.6 Å². The van der Waals surface area contributed by atoms with E-state index in [4.69, 9.17) is 4.74 Å². The van der Waals surface area contributed by atoms with E-state index in [1.165, 1.54) is 12.1 Å². The molecule has 210 valence electrons. The summed E-state index contributed by atoms with van der Waals surface area (Å²) in [4.78, 5) is 41.9. The monoisotopic (exact) mass is 560 g/mol. The zero-order valence-electron chi connectivity index (χ0n) is 21.9. The number of likely N-dealkylation sites (tertiary alicyclic amines) is 1. The number of pyridine rings is 2. The molecule has 1 aromatic carbocycles. The number of rotatable bonds is 4. The summed E-state index contributed by atoms with van der Waals surface area (Å²) >= 11 is 0. The summed E-state index contributed by atoms with van der Waals surface area (Å²) < 4.78 is 36.6. The molecule has 4 aromatic rings. The quantitative estimate of drug-likeness (QED) is 0.144. The van der Waals surface area contributed by atoms with Crippen molar-refractivity contribution >= 4 is 17.3 Å². The Morgan fingerprint density at radius 2 is 1.78 bits per heavy atom. The smallest absolute Gasteiger partial charge is 0.410 e. The predicted molar refractivity (Wildman–Crippen MR) is 144 cm³/mol. The molecule has 3 atom stereocenters. The second kappa shape index (κ2) is 11.0. The van der Waals surface area contributed by atoms with Crippen LogP contribution in [-0.2, 0) is 4.74 Å². The van der Waals surface area contributed by atoms with E-state index in [2.05, 4.69) is 25.0 Å². The first-order valence-corrected chi connectivity index (χ1v) is 13.4. The number of amides is 1. The van der Waals surface area contributed by atoms with Crippen LogP contribution in [-0.4, -0.2) is 43.6 Å². The molecule has 0 bridgehead atoms. The van der Waals surface area contributed by atoms with Gasteiger partial charge in [0.2, 0.25) is 0 Å². The third kappa shape index (κ3) is 4.89. The number of halogens is 2. The highest BCUT2D eigenvalue weighted by molar-refractivity contribution is 5.70. The summed E-state index contributed by atoms with van der Waals surface area (Å²) in [5, 5.41) is 3.94. The maximum absolute atomic E-state index is 14.9. The fourth-order valence-electron chi connectivity index (χ4n) is 6.06. The number of carbonyl (C=O) groups is 1. The van der Waals surface area contributed by atoms with Gasteiger partial charge in [-0.1, -0.05) is 23.3 Å². The van der Waals surface area contributed by atoms with E-state index in [0.29, 0.717) is 42.8 Å². The number of aromatic nitrogens is 4. The number of nitrogens with one attached hydrogen (secondary N) is 1. The summed E-state index contributed by atoms with van der Waals surface area (Å²) in [6, 6.07) is 9.93. The zero-order valence-corrected chi connectivity index (χ0v) is 21.9. The van der Waals surface area contributed by atoms with Gasteiger partial charge in [0, 0.05) is 36.4 Å². The minimum absolute atomic E-state index is 0.0916. The van der Waals surface area contributed by atoms with Crippen LogP contribution in [0.4, 0.5) is 13.6 Å². The largest absolute Gasteiger partial charge is 0.440 e. The third-order valence-electron chi connectivity index (χ3n) is 7.99. The molecule has 1 fully saturated rings. The van der Waals surface area contributed by atoms with Crippen LogP contribution in [0.1, 0.15) is 66.6 Å². The van der Waals surface area contributed by atoms with Crippen molar-refractivity contribution in [2.45, 2.75) is 49.8 Å². The van der Waals surface area contributed by atoms with Gasteiger partial charge in [0.05, 0.1) is 17.3 Å². The number of aromatic amines is 1. The lowest BCUT2D eigenvalue weighted by Crippen LogP contribution is -2.41. The van der Waals surface area contributed by atoms with Gasteiger partial charge in [-0.25, -0.2) is 23.4 Å². The standard InChI is InChI=1S/C28H26F2N8O3/c29-20-6-1-4-17(23(20)30)18-8-9-22(25-19(5-2-12-32-25)24(18)35-36-31)41-28(40)37-14-10-16(11-15-37)38-21-7-3-13-33-26(21)34-27(38)39/h1-7,12-13,16,18,22,24H,8-11,14-15H2,(H,33,34,39)/t18-,22+,24-/m0/s1. The number of ether oxygens (including phenoxy) is 1. The van der Waals surface area contributed by atoms with Crippen LogP contribution in [0.5, 0.6) is 0 Å². The Labute approximate surface area is 232 Å². The zero-order chi connectivity index (χ0) is 28.5. The molecular weight excluding hydrogens is 534 g/mol. The van der Waals surface area contributed by atoms with Gasteiger partial charge in [-0.3, -0.25) is 14.5 Å². The van der Waals surface area contributed by atoms with Crippen LogP contribution in [0.3, 0.4) is 0 Å². The van der Waals surface area contributed by atoms with Gasteiger partial charge >= 0.3 is 11.8 Å². The average molecular weight is 561 g/mol. The first-order valence-electron chi connectivity index (χ1n) is 13.4. The van der Waals surface area contributed by atoms with Crippen molar-refractivity contribution in [2.24, 2.45) is 5.11 Å². The van der Waals surface area contributed by atoms with E-state index in [9.17, 15) is 23.9 Å². The highest BCUT2D eigenvalue weighted by Gasteiger charge is 2.37. The van der Waals surface area contributed by atoms with E-state index < -0.39 is 35.8 Å². The van der Waals surface area contributed by atoms with E-state index in [1.54, 1.807) is 40.1 Å². The molecule has 0 radical (unpaired) electrons. The van der Waals surface area contributed by atoms with Crippen molar-refractivity contribution in [3.05, 3.63) is 104 Å². The third-order valence-corrected chi connectivity index (χ3v) is 7.99. The number of piperidine rings is 1. The molecule has 11 nitrogen and oxygen atoms in total.